The van der Waals surface area contributed by atoms with Crippen molar-refractivity contribution in [3.05, 3.63) is 46.9 Å². The van der Waals surface area contributed by atoms with Crippen molar-refractivity contribution in [1.82, 2.24) is 0 Å². The van der Waals surface area contributed by atoms with Crippen LogP contribution in [0.2, 0.25) is 0 Å². The molecule has 5 nitrogen and oxygen atoms in total. The van der Waals surface area contributed by atoms with Crippen LogP contribution in [0.4, 0.5) is 5.69 Å². The highest BCUT2D eigenvalue weighted by Crippen LogP contribution is 2.31. The molecule has 2 aromatic carbocycles. The van der Waals surface area contributed by atoms with Crippen molar-refractivity contribution in [3.63, 3.8) is 0 Å². The molecule has 0 spiro atoms. The van der Waals surface area contributed by atoms with Crippen LogP contribution in [0.25, 0.3) is 0 Å². The standard InChI is InChI=1S/C17H20BrNO4S/c1-4-19(13-6-8-14(9-7-13)23-5-2)24(20,21)15-10-11-17(22-3)16(18)12-15/h6-12H,4-5H2,1-3H3. The Bertz CT molecular complexity index is 791. The highest BCUT2D eigenvalue weighted by atomic mass is 79.9. The van der Waals surface area contributed by atoms with E-state index in [-0.39, 0.29) is 4.90 Å². The van der Waals surface area contributed by atoms with Gasteiger partial charge in [-0.15, -0.1) is 0 Å². The molecule has 0 radical (unpaired) electrons. The summed E-state index contributed by atoms with van der Waals surface area (Å²) in [5.41, 5.74) is 0.591. The fourth-order valence-electron chi connectivity index (χ4n) is 2.30. The largest absolute Gasteiger partial charge is 0.496 e. The van der Waals surface area contributed by atoms with Gasteiger partial charge in [0.2, 0.25) is 0 Å². The number of benzene rings is 2. The predicted octanol–water partition coefficient (Wildman–Crippen LogP) is 4.07. The molecular weight excluding hydrogens is 394 g/mol. The average molecular weight is 414 g/mol. The second-order valence-electron chi connectivity index (χ2n) is 4.89. The third kappa shape index (κ3) is 3.84. The van der Waals surface area contributed by atoms with Crippen LogP contribution in [0.3, 0.4) is 0 Å². The Balaban J connectivity index is 2.39. The van der Waals surface area contributed by atoms with Gasteiger partial charge in [-0.25, -0.2) is 8.42 Å². The number of hydrogen-bond acceptors (Lipinski definition) is 4. The molecule has 0 saturated heterocycles. The molecule has 0 unspecified atom stereocenters. The Kier molecular flexibility index (Phi) is 6.12. The van der Waals surface area contributed by atoms with E-state index in [2.05, 4.69) is 15.9 Å². The van der Waals surface area contributed by atoms with Gasteiger partial charge >= 0.3 is 0 Å². The smallest absolute Gasteiger partial charge is 0.264 e. The maximum atomic E-state index is 13.0. The lowest BCUT2D eigenvalue weighted by atomic mass is 10.3. The van der Waals surface area contributed by atoms with E-state index in [0.717, 1.165) is 0 Å². The van der Waals surface area contributed by atoms with Gasteiger partial charge in [0, 0.05) is 6.54 Å². The molecule has 0 saturated carbocycles. The number of anilines is 1. The number of halogens is 1. The van der Waals surface area contributed by atoms with Crippen molar-refractivity contribution in [2.45, 2.75) is 18.7 Å². The Morgan fingerprint density at radius 2 is 1.75 bits per heavy atom. The SMILES string of the molecule is CCOc1ccc(N(CC)S(=O)(=O)c2ccc(OC)c(Br)c2)cc1. The first-order valence-corrected chi connectivity index (χ1v) is 9.76. The molecule has 0 aliphatic carbocycles. The summed E-state index contributed by atoms with van der Waals surface area (Å²) in [5, 5.41) is 0. The van der Waals surface area contributed by atoms with Crippen LogP contribution >= 0.6 is 15.9 Å². The molecule has 2 aromatic rings. The summed E-state index contributed by atoms with van der Waals surface area (Å²) in [6.07, 6.45) is 0. The zero-order valence-corrected chi connectivity index (χ0v) is 16.2. The van der Waals surface area contributed by atoms with Gasteiger partial charge in [0.15, 0.2) is 0 Å². The zero-order chi connectivity index (χ0) is 17.7. The van der Waals surface area contributed by atoms with E-state index < -0.39 is 10.0 Å². The molecule has 2 rings (SSSR count). The zero-order valence-electron chi connectivity index (χ0n) is 13.8. The van der Waals surface area contributed by atoms with Gasteiger partial charge < -0.3 is 9.47 Å². The third-order valence-corrected chi connectivity index (χ3v) is 5.95. The van der Waals surface area contributed by atoms with Crippen LogP contribution in [0.5, 0.6) is 11.5 Å². The number of rotatable bonds is 7. The molecule has 0 atom stereocenters. The van der Waals surface area contributed by atoms with Gasteiger partial charge in [-0.3, -0.25) is 4.31 Å². The summed E-state index contributed by atoms with van der Waals surface area (Å²) >= 11 is 3.33. The highest BCUT2D eigenvalue weighted by molar-refractivity contribution is 9.10. The molecule has 0 heterocycles. The van der Waals surface area contributed by atoms with E-state index in [1.807, 2.05) is 6.92 Å². The Hall–Kier alpha value is -1.73. The van der Waals surface area contributed by atoms with Gasteiger partial charge in [-0.1, -0.05) is 0 Å². The second-order valence-corrected chi connectivity index (χ2v) is 7.61. The van der Waals surface area contributed by atoms with E-state index >= 15 is 0 Å². The van der Waals surface area contributed by atoms with Crippen LogP contribution in [0.1, 0.15) is 13.8 Å². The average Bonchev–Trinajstić information content (AvgIpc) is 2.57. The van der Waals surface area contributed by atoms with Gasteiger partial charge in [-0.2, -0.15) is 0 Å². The van der Waals surface area contributed by atoms with Crippen LogP contribution in [0.15, 0.2) is 51.8 Å². The maximum absolute atomic E-state index is 13.0. The molecule has 0 aliphatic rings. The first-order chi connectivity index (χ1) is 11.4. The molecule has 0 aromatic heterocycles. The minimum absolute atomic E-state index is 0.200. The lowest BCUT2D eigenvalue weighted by Crippen LogP contribution is -2.30. The molecule has 0 amide bonds. The summed E-state index contributed by atoms with van der Waals surface area (Å²) in [7, 11) is -2.14. The van der Waals surface area contributed by atoms with Gasteiger partial charge in [0.05, 0.1) is 28.8 Å². The molecule has 0 N–H and O–H groups in total. The molecule has 0 fully saturated rings. The van der Waals surface area contributed by atoms with Crippen molar-refractivity contribution < 1.29 is 17.9 Å². The monoisotopic (exact) mass is 413 g/mol. The molecule has 7 heteroatoms. The molecule has 0 aliphatic heterocycles. The fraction of sp³-hybridized carbons (Fsp3) is 0.294. The fourth-order valence-corrected chi connectivity index (χ4v) is 4.49. The van der Waals surface area contributed by atoms with E-state index in [0.29, 0.717) is 34.8 Å². The van der Waals surface area contributed by atoms with Crippen LogP contribution in [-0.2, 0) is 10.0 Å². The number of sulfonamides is 1. The van der Waals surface area contributed by atoms with E-state index in [4.69, 9.17) is 9.47 Å². The number of nitrogens with zero attached hydrogens (tertiary/aromatic N) is 1. The maximum Gasteiger partial charge on any atom is 0.264 e. The van der Waals surface area contributed by atoms with Gasteiger partial charge in [-0.05, 0) is 72.2 Å². The van der Waals surface area contributed by atoms with Crippen LogP contribution in [-0.4, -0.2) is 28.7 Å². The Labute approximate surface area is 151 Å². The van der Waals surface area contributed by atoms with Gasteiger partial charge in [0.1, 0.15) is 11.5 Å². The molecular formula is C17H20BrNO4S. The third-order valence-electron chi connectivity index (χ3n) is 3.43. The highest BCUT2D eigenvalue weighted by Gasteiger charge is 2.24. The van der Waals surface area contributed by atoms with Crippen LogP contribution < -0.4 is 13.8 Å². The van der Waals surface area contributed by atoms with Crippen molar-refractivity contribution >= 4 is 31.6 Å². The molecule has 24 heavy (non-hydrogen) atoms. The van der Waals surface area contributed by atoms with Gasteiger partial charge in [0.25, 0.3) is 10.0 Å². The number of methoxy groups -OCH3 is 1. The lowest BCUT2D eigenvalue weighted by Gasteiger charge is -2.23. The second kappa shape index (κ2) is 7.90. The number of ether oxygens (including phenoxy) is 2. The summed E-state index contributed by atoms with van der Waals surface area (Å²) in [5.74, 6) is 1.29. The van der Waals surface area contributed by atoms with Crippen molar-refractivity contribution in [3.8, 4) is 11.5 Å². The van der Waals surface area contributed by atoms with Crippen molar-refractivity contribution in [1.29, 1.82) is 0 Å². The quantitative estimate of drug-likeness (QED) is 0.686. The minimum Gasteiger partial charge on any atom is -0.496 e. The normalized spacial score (nSPS) is 11.2. The predicted molar refractivity (Wildman–Crippen MR) is 98.5 cm³/mol. The summed E-state index contributed by atoms with van der Waals surface area (Å²) < 4.78 is 38.4. The van der Waals surface area contributed by atoms with Crippen LogP contribution in [0, 0.1) is 0 Å². The van der Waals surface area contributed by atoms with Crippen molar-refractivity contribution in [2.75, 3.05) is 24.6 Å². The van der Waals surface area contributed by atoms with E-state index in [1.54, 1.807) is 43.3 Å². The number of hydrogen-bond donors (Lipinski definition) is 0. The van der Waals surface area contributed by atoms with E-state index in [1.165, 1.54) is 17.5 Å². The first-order valence-electron chi connectivity index (χ1n) is 7.53. The van der Waals surface area contributed by atoms with Crippen molar-refractivity contribution in [2.24, 2.45) is 0 Å². The topological polar surface area (TPSA) is 55.8 Å². The summed E-state index contributed by atoms with van der Waals surface area (Å²) in [4.78, 5) is 0.200. The molecule has 130 valence electrons. The summed E-state index contributed by atoms with van der Waals surface area (Å²) in [6, 6.07) is 11.7. The Morgan fingerprint density at radius 3 is 2.25 bits per heavy atom. The lowest BCUT2D eigenvalue weighted by molar-refractivity contribution is 0.340. The first kappa shape index (κ1) is 18.6. The molecule has 0 bridgehead atoms. The van der Waals surface area contributed by atoms with E-state index in [9.17, 15) is 8.42 Å². The summed E-state index contributed by atoms with van der Waals surface area (Å²) in [6.45, 7) is 4.58. The Morgan fingerprint density at radius 1 is 1.08 bits per heavy atom. The minimum atomic E-state index is -3.67.